The van der Waals surface area contributed by atoms with E-state index in [1.54, 1.807) is 7.11 Å². The average Bonchev–Trinajstić information content (AvgIpc) is 2.38. The highest BCUT2D eigenvalue weighted by atomic mass is 16.5. The van der Waals surface area contributed by atoms with Crippen LogP contribution in [0.4, 0.5) is 0 Å². The summed E-state index contributed by atoms with van der Waals surface area (Å²) >= 11 is 0. The van der Waals surface area contributed by atoms with Gasteiger partial charge < -0.3 is 9.64 Å². The first kappa shape index (κ1) is 14.4. The van der Waals surface area contributed by atoms with Crippen molar-refractivity contribution in [2.24, 2.45) is 5.84 Å². The van der Waals surface area contributed by atoms with Gasteiger partial charge in [0.15, 0.2) is 0 Å². The smallest absolute Gasteiger partial charge is 0.233 e. The van der Waals surface area contributed by atoms with Crippen molar-refractivity contribution in [3.63, 3.8) is 0 Å². The minimum Gasteiger partial charge on any atom is -0.380 e. The van der Waals surface area contributed by atoms with Crippen LogP contribution < -0.4 is 11.3 Å². The van der Waals surface area contributed by atoms with E-state index >= 15 is 0 Å². The Morgan fingerprint density at radius 1 is 1.47 bits per heavy atom. The highest BCUT2D eigenvalue weighted by Crippen LogP contribution is 2.13. The molecule has 1 aliphatic heterocycles. The van der Waals surface area contributed by atoms with Crippen LogP contribution in [0.1, 0.15) is 38.5 Å². The molecule has 3 N–H and O–H groups in total. The third-order valence-corrected chi connectivity index (χ3v) is 3.33. The standard InChI is InChI=1S/C12H25N3O2/c1-17-11-6-5-9-15(10-11)8-4-2-3-7-12(16)14-13/h11H,2-10,13H2,1H3,(H,14,16). The number of carbonyl (C=O) groups is 1. The van der Waals surface area contributed by atoms with Crippen molar-refractivity contribution in [2.45, 2.75) is 44.6 Å². The molecular weight excluding hydrogens is 218 g/mol. The van der Waals surface area contributed by atoms with Crippen LogP contribution >= 0.6 is 0 Å². The molecule has 100 valence electrons. The van der Waals surface area contributed by atoms with E-state index in [1.807, 2.05) is 0 Å². The molecular formula is C12H25N3O2. The molecule has 0 bridgehead atoms. The van der Waals surface area contributed by atoms with E-state index < -0.39 is 0 Å². The quantitative estimate of drug-likeness (QED) is 0.298. The van der Waals surface area contributed by atoms with E-state index in [9.17, 15) is 4.79 Å². The maximum Gasteiger partial charge on any atom is 0.233 e. The Morgan fingerprint density at radius 2 is 2.29 bits per heavy atom. The van der Waals surface area contributed by atoms with Gasteiger partial charge in [0.05, 0.1) is 6.10 Å². The summed E-state index contributed by atoms with van der Waals surface area (Å²) in [6.07, 6.45) is 6.52. The number of hydrazine groups is 1. The number of rotatable bonds is 7. The summed E-state index contributed by atoms with van der Waals surface area (Å²) in [5.74, 6) is 4.95. The average molecular weight is 243 g/mol. The van der Waals surface area contributed by atoms with Crippen LogP contribution in [0.25, 0.3) is 0 Å². The monoisotopic (exact) mass is 243 g/mol. The molecule has 1 fully saturated rings. The molecule has 1 saturated heterocycles. The zero-order chi connectivity index (χ0) is 12.5. The Kier molecular flexibility index (Phi) is 7.16. The molecule has 1 rings (SSSR count). The molecule has 0 aromatic rings. The molecule has 5 nitrogen and oxygen atoms in total. The Bertz CT molecular complexity index is 224. The van der Waals surface area contributed by atoms with E-state index in [-0.39, 0.29) is 5.91 Å². The van der Waals surface area contributed by atoms with Crippen LogP contribution in [0.3, 0.4) is 0 Å². The third kappa shape index (κ3) is 6.00. The Hall–Kier alpha value is -0.650. The van der Waals surface area contributed by atoms with Gasteiger partial charge in [-0.25, -0.2) is 5.84 Å². The zero-order valence-electron chi connectivity index (χ0n) is 10.8. The molecule has 0 radical (unpaired) electrons. The molecule has 1 unspecified atom stereocenters. The van der Waals surface area contributed by atoms with Crippen molar-refractivity contribution >= 4 is 5.91 Å². The number of amides is 1. The Labute approximate surface area is 104 Å². The fourth-order valence-corrected chi connectivity index (χ4v) is 2.28. The van der Waals surface area contributed by atoms with Crippen molar-refractivity contribution < 1.29 is 9.53 Å². The lowest BCUT2D eigenvalue weighted by Gasteiger charge is -2.31. The predicted octanol–water partition coefficient (Wildman–Crippen LogP) is 0.648. The van der Waals surface area contributed by atoms with Gasteiger partial charge in [0, 0.05) is 20.1 Å². The third-order valence-electron chi connectivity index (χ3n) is 3.33. The summed E-state index contributed by atoms with van der Waals surface area (Å²) in [4.78, 5) is 13.4. The summed E-state index contributed by atoms with van der Waals surface area (Å²) in [6.45, 7) is 3.35. The molecule has 1 aliphatic rings. The maximum absolute atomic E-state index is 10.9. The zero-order valence-corrected chi connectivity index (χ0v) is 10.8. The summed E-state index contributed by atoms with van der Waals surface area (Å²) in [5.41, 5.74) is 2.15. The first-order valence-electron chi connectivity index (χ1n) is 6.51. The van der Waals surface area contributed by atoms with Crippen LogP contribution in [0, 0.1) is 0 Å². The highest BCUT2D eigenvalue weighted by Gasteiger charge is 2.18. The minimum absolute atomic E-state index is 0.0672. The minimum atomic E-state index is -0.0672. The second-order valence-corrected chi connectivity index (χ2v) is 4.68. The van der Waals surface area contributed by atoms with Crippen molar-refractivity contribution in [1.29, 1.82) is 0 Å². The number of nitrogens with one attached hydrogen (secondary N) is 1. The molecule has 0 aromatic carbocycles. The van der Waals surface area contributed by atoms with Crippen LogP contribution in [0.5, 0.6) is 0 Å². The highest BCUT2D eigenvalue weighted by molar-refractivity contribution is 5.74. The van der Waals surface area contributed by atoms with Gasteiger partial charge in [0.1, 0.15) is 0 Å². The van der Waals surface area contributed by atoms with E-state index in [0.29, 0.717) is 12.5 Å². The molecule has 1 amide bonds. The topological polar surface area (TPSA) is 67.6 Å². The number of methoxy groups -OCH3 is 1. The van der Waals surface area contributed by atoms with Gasteiger partial charge in [-0.3, -0.25) is 10.2 Å². The number of hydrogen-bond donors (Lipinski definition) is 2. The largest absolute Gasteiger partial charge is 0.380 e. The fourth-order valence-electron chi connectivity index (χ4n) is 2.28. The molecule has 0 aliphatic carbocycles. The number of likely N-dealkylation sites (tertiary alicyclic amines) is 1. The van der Waals surface area contributed by atoms with Crippen LogP contribution in [0.15, 0.2) is 0 Å². The van der Waals surface area contributed by atoms with Crippen LogP contribution in [0.2, 0.25) is 0 Å². The van der Waals surface area contributed by atoms with Gasteiger partial charge in [-0.1, -0.05) is 6.42 Å². The number of hydrogen-bond acceptors (Lipinski definition) is 4. The Balaban J connectivity index is 2.00. The summed E-state index contributed by atoms with van der Waals surface area (Å²) in [5, 5.41) is 0. The Morgan fingerprint density at radius 3 is 3.00 bits per heavy atom. The molecule has 17 heavy (non-hydrogen) atoms. The first-order valence-corrected chi connectivity index (χ1v) is 6.51. The summed E-state index contributed by atoms with van der Waals surface area (Å²) in [6, 6.07) is 0. The first-order chi connectivity index (χ1) is 8.26. The van der Waals surface area contributed by atoms with E-state index in [1.165, 1.54) is 19.4 Å². The molecule has 1 atom stereocenters. The second kappa shape index (κ2) is 8.44. The van der Waals surface area contributed by atoms with Crippen LogP contribution in [-0.4, -0.2) is 43.7 Å². The molecule has 0 saturated carbocycles. The van der Waals surface area contributed by atoms with E-state index in [2.05, 4.69) is 10.3 Å². The number of unbranched alkanes of at least 4 members (excludes halogenated alkanes) is 2. The number of nitrogens with two attached hydrogens (primary N) is 1. The van der Waals surface area contributed by atoms with Crippen molar-refractivity contribution in [3.8, 4) is 0 Å². The lowest BCUT2D eigenvalue weighted by molar-refractivity contribution is -0.121. The number of carbonyl (C=O) groups excluding carboxylic acids is 1. The summed E-state index contributed by atoms with van der Waals surface area (Å²) < 4.78 is 5.39. The van der Waals surface area contributed by atoms with Gasteiger partial charge in [0.2, 0.25) is 5.91 Å². The van der Waals surface area contributed by atoms with Crippen molar-refractivity contribution in [1.82, 2.24) is 10.3 Å². The molecule has 1 heterocycles. The van der Waals surface area contributed by atoms with Crippen molar-refractivity contribution in [2.75, 3.05) is 26.7 Å². The lowest BCUT2D eigenvalue weighted by atomic mass is 10.1. The maximum atomic E-state index is 10.9. The van der Waals surface area contributed by atoms with Gasteiger partial charge >= 0.3 is 0 Å². The second-order valence-electron chi connectivity index (χ2n) is 4.68. The number of nitrogens with zero attached hydrogens (tertiary/aromatic N) is 1. The summed E-state index contributed by atoms with van der Waals surface area (Å²) in [7, 11) is 1.79. The lowest BCUT2D eigenvalue weighted by Crippen LogP contribution is -2.39. The fraction of sp³-hybridized carbons (Fsp3) is 0.917. The predicted molar refractivity (Wildman–Crippen MR) is 67.3 cm³/mol. The molecule has 0 aromatic heterocycles. The number of piperidine rings is 1. The van der Waals surface area contributed by atoms with Gasteiger partial charge in [-0.05, 0) is 38.8 Å². The van der Waals surface area contributed by atoms with Crippen LogP contribution in [-0.2, 0) is 9.53 Å². The van der Waals surface area contributed by atoms with E-state index in [4.69, 9.17) is 10.6 Å². The van der Waals surface area contributed by atoms with Gasteiger partial charge in [0.25, 0.3) is 0 Å². The van der Waals surface area contributed by atoms with Gasteiger partial charge in [-0.2, -0.15) is 0 Å². The SMILES string of the molecule is COC1CCCN(CCCCCC(=O)NN)C1. The normalized spacial score (nSPS) is 21.4. The molecule has 5 heteroatoms. The number of ether oxygens (including phenoxy) is 1. The van der Waals surface area contributed by atoms with Crippen molar-refractivity contribution in [3.05, 3.63) is 0 Å². The molecule has 0 spiro atoms. The van der Waals surface area contributed by atoms with Gasteiger partial charge in [-0.15, -0.1) is 0 Å². The van der Waals surface area contributed by atoms with E-state index in [0.717, 1.165) is 32.4 Å².